The Morgan fingerprint density at radius 1 is 1.11 bits per heavy atom. The maximum absolute atomic E-state index is 5.98. The van der Waals surface area contributed by atoms with E-state index in [1.165, 1.54) is 16.7 Å². The lowest BCUT2D eigenvalue weighted by molar-refractivity contribution is 0.808. The Labute approximate surface area is 114 Å². The Morgan fingerprint density at radius 3 is 2.78 bits per heavy atom. The maximum Gasteiger partial charge on any atom is 0.0408 e. The van der Waals surface area contributed by atoms with Crippen LogP contribution in [0.5, 0.6) is 0 Å². The zero-order valence-corrected chi connectivity index (χ0v) is 11.5. The molecule has 1 heterocycles. The van der Waals surface area contributed by atoms with Crippen LogP contribution in [0, 0.1) is 0 Å². The van der Waals surface area contributed by atoms with E-state index < -0.39 is 0 Å². The van der Waals surface area contributed by atoms with Crippen LogP contribution in [0.25, 0.3) is 0 Å². The Hall–Kier alpha value is -1.34. The van der Waals surface area contributed by atoms with Gasteiger partial charge < -0.3 is 0 Å². The molecule has 0 fully saturated rings. The first-order valence-corrected chi connectivity index (χ1v) is 6.83. The second-order valence-corrected chi connectivity index (χ2v) is 4.92. The van der Waals surface area contributed by atoms with Crippen LogP contribution >= 0.6 is 11.6 Å². The zero-order valence-electron chi connectivity index (χ0n) is 10.7. The molecule has 1 aromatic carbocycles. The molecular formula is C16H18ClN. The van der Waals surface area contributed by atoms with Gasteiger partial charge in [0.15, 0.2) is 0 Å². The molecule has 94 valence electrons. The first kappa shape index (κ1) is 13.1. The fraction of sp³-hybridized carbons (Fsp3) is 0.312. The van der Waals surface area contributed by atoms with E-state index in [0.29, 0.717) is 0 Å². The number of nitrogens with zero attached hydrogens (tertiary/aromatic N) is 1. The topological polar surface area (TPSA) is 12.9 Å². The lowest BCUT2D eigenvalue weighted by atomic mass is 10.0. The molecule has 2 rings (SSSR count). The van der Waals surface area contributed by atoms with Crippen LogP contribution < -0.4 is 0 Å². The van der Waals surface area contributed by atoms with E-state index in [2.05, 4.69) is 30.1 Å². The van der Waals surface area contributed by atoms with E-state index >= 15 is 0 Å². The van der Waals surface area contributed by atoms with Crippen LogP contribution in [-0.2, 0) is 19.3 Å². The molecule has 2 aromatic rings. The minimum atomic E-state index is 0.825. The minimum absolute atomic E-state index is 0.825. The van der Waals surface area contributed by atoms with Gasteiger partial charge in [0.1, 0.15) is 0 Å². The molecule has 0 spiro atoms. The van der Waals surface area contributed by atoms with E-state index in [1.807, 2.05) is 24.5 Å². The molecule has 0 unspecified atom stereocenters. The fourth-order valence-electron chi connectivity index (χ4n) is 2.19. The predicted octanol–water partition coefficient (Wildman–Crippen LogP) is 4.47. The van der Waals surface area contributed by atoms with E-state index in [1.54, 1.807) is 0 Å². The van der Waals surface area contributed by atoms with Crippen LogP contribution in [0.15, 0.2) is 42.7 Å². The summed E-state index contributed by atoms with van der Waals surface area (Å²) in [6.45, 7) is 2.18. The molecule has 0 atom stereocenters. The van der Waals surface area contributed by atoms with Crippen molar-refractivity contribution in [2.24, 2.45) is 0 Å². The lowest BCUT2D eigenvalue weighted by Gasteiger charge is -2.07. The third-order valence-electron chi connectivity index (χ3n) is 3.19. The number of halogens is 1. The summed E-state index contributed by atoms with van der Waals surface area (Å²) < 4.78 is 0. The third kappa shape index (κ3) is 3.58. The van der Waals surface area contributed by atoms with Crippen molar-refractivity contribution in [2.45, 2.75) is 32.6 Å². The van der Waals surface area contributed by atoms with Crippen molar-refractivity contribution in [1.29, 1.82) is 0 Å². The molecule has 0 saturated heterocycles. The monoisotopic (exact) mass is 259 g/mol. The average Bonchev–Trinajstić information content (AvgIpc) is 2.39. The minimum Gasteiger partial charge on any atom is -0.264 e. The Balaban J connectivity index is 1.92. The smallest absolute Gasteiger partial charge is 0.0408 e. The van der Waals surface area contributed by atoms with E-state index in [4.69, 9.17) is 11.6 Å². The fourth-order valence-corrected chi connectivity index (χ4v) is 2.41. The van der Waals surface area contributed by atoms with Crippen molar-refractivity contribution in [1.82, 2.24) is 4.98 Å². The van der Waals surface area contributed by atoms with Gasteiger partial charge in [0, 0.05) is 17.4 Å². The number of pyridine rings is 1. The van der Waals surface area contributed by atoms with Crippen molar-refractivity contribution in [3.05, 3.63) is 64.4 Å². The van der Waals surface area contributed by atoms with Gasteiger partial charge in [-0.05, 0) is 60.6 Å². The first-order chi connectivity index (χ1) is 8.79. The molecule has 18 heavy (non-hydrogen) atoms. The summed E-state index contributed by atoms with van der Waals surface area (Å²) >= 11 is 5.98. The summed E-state index contributed by atoms with van der Waals surface area (Å²) in [6, 6.07) is 10.3. The largest absolute Gasteiger partial charge is 0.264 e. The van der Waals surface area contributed by atoms with E-state index in [-0.39, 0.29) is 0 Å². The van der Waals surface area contributed by atoms with Gasteiger partial charge >= 0.3 is 0 Å². The summed E-state index contributed by atoms with van der Waals surface area (Å²) in [7, 11) is 0. The number of hydrogen-bond donors (Lipinski definition) is 0. The van der Waals surface area contributed by atoms with Crippen molar-refractivity contribution in [3.63, 3.8) is 0 Å². The van der Waals surface area contributed by atoms with Gasteiger partial charge in [-0.25, -0.2) is 0 Å². The summed E-state index contributed by atoms with van der Waals surface area (Å²) in [5.74, 6) is 0. The standard InChI is InChI=1S/C16H18ClN/c1-2-14-12-18-10-9-15(14)7-3-5-13-6-4-8-16(17)11-13/h4,6,8-12H,2-3,5,7H2,1H3. The van der Waals surface area contributed by atoms with Gasteiger partial charge in [0.05, 0.1) is 0 Å². The van der Waals surface area contributed by atoms with Gasteiger partial charge in [-0.1, -0.05) is 30.7 Å². The lowest BCUT2D eigenvalue weighted by Crippen LogP contribution is -1.96. The molecule has 0 radical (unpaired) electrons. The number of hydrogen-bond acceptors (Lipinski definition) is 1. The van der Waals surface area contributed by atoms with Crippen LogP contribution in [0.1, 0.15) is 30.0 Å². The quantitative estimate of drug-likeness (QED) is 0.772. The van der Waals surface area contributed by atoms with Crippen molar-refractivity contribution in [2.75, 3.05) is 0 Å². The maximum atomic E-state index is 5.98. The molecule has 0 aliphatic rings. The highest BCUT2D eigenvalue weighted by Crippen LogP contribution is 2.15. The molecular weight excluding hydrogens is 242 g/mol. The molecule has 0 amide bonds. The molecule has 1 aromatic heterocycles. The van der Waals surface area contributed by atoms with Gasteiger partial charge in [-0.3, -0.25) is 4.98 Å². The molecule has 0 aliphatic heterocycles. The second kappa shape index (κ2) is 6.55. The molecule has 2 heteroatoms. The summed E-state index contributed by atoms with van der Waals surface area (Å²) in [6.07, 6.45) is 8.25. The highest BCUT2D eigenvalue weighted by atomic mass is 35.5. The second-order valence-electron chi connectivity index (χ2n) is 4.48. The molecule has 0 N–H and O–H groups in total. The SMILES string of the molecule is CCc1cnccc1CCCc1cccc(Cl)c1. The normalized spacial score (nSPS) is 10.6. The van der Waals surface area contributed by atoms with Gasteiger partial charge in [0.2, 0.25) is 0 Å². The van der Waals surface area contributed by atoms with Gasteiger partial charge in [-0.15, -0.1) is 0 Å². The Kier molecular flexibility index (Phi) is 4.77. The Morgan fingerprint density at radius 2 is 2.00 bits per heavy atom. The first-order valence-electron chi connectivity index (χ1n) is 6.46. The number of aryl methyl sites for hydroxylation is 3. The summed E-state index contributed by atoms with van der Waals surface area (Å²) in [4.78, 5) is 4.18. The van der Waals surface area contributed by atoms with Crippen molar-refractivity contribution >= 4 is 11.6 Å². The summed E-state index contributed by atoms with van der Waals surface area (Å²) in [5, 5.41) is 0.825. The van der Waals surface area contributed by atoms with E-state index in [0.717, 1.165) is 30.7 Å². The molecule has 0 saturated carbocycles. The number of aromatic nitrogens is 1. The number of benzene rings is 1. The third-order valence-corrected chi connectivity index (χ3v) is 3.42. The molecule has 0 bridgehead atoms. The highest BCUT2D eigenvalue weighted by Gasteiger charge is 2.01. The zero-order chi connectivity index (χ0) is 12.8. The average molecular weight is 260 g/mol. The van der Waals surface area contributed by atoms with Crippen molar-refractivity contribution < 1.29 is 0 Å². The molecule has 0 aliphatic carbocycles. The van der Waals surface area contributed by atoms with Crippen LogP contribution in [0.2, 0.25) is 5.02 Å². The predicted molar refractivity (Wildman–Crippen MR) is 77.1 cm³/mol. The number of rotatable bonds is 5. The van der Waals surface area contributed by atoms with Crippen molar-refractivity contribution in [3.8, 4) is 0 Å². The molecule has 1 nitrogen and oxygen atoms in total. The van der Waals surface area contributed by atoms with Crippen LogP contribution in [0.3, 0.4) is 0 Å². The van der Waals surface area contributed by atoms with Gasteiger partial charge in [0.25, 0.3) is 0 Å². The summed E-state index contributed by atoms with van der Waals surface area (Å²) in [5.41, 5.74) is 4.10. The van der Waals surface area contributed by atoms with E-state index in [9.17, 15) is 0 Å². The van der Waals surface area contributed by atoms with Crippen LogP contribution in [-0.4, -0.2) is 4.98 Å². The Bertz CT molecular complexity index is 508. The highest BCUT2D eigenvalue weighted by molar-refractivity contribution is 6.30. The van der Waals surface area contributed by atoms with Crippen LogP contribution in [0.4, 0.5) is 0 Å². The van der Waals surface area contributed by atoms with Gasteiger partial charge in [-0.2, -0.15) is 0 Å².